The van der Waals surface area contributed by atoms with E-state index in [4.69, 9.17) is 5.26 Å². The van der Waals surface area contributed by atoms with E-state index in [-0.39, 0.29) is 23.7 Å². The molecule has 1 amide bonds. The molecule has 1 aromatic carbocycles. The summed E-state index contributed by atoms with van der Waals surface area (Å²) in [6.45, 7) is 2.59. The lowest BCUT2D eigenvalue weighted by atomic mass is 10.1. The fourth-order valence-electron chi connectivity index (χ4n) is 1.66. The second-order valence-electron chi connectivity index (χ2n) is 4.37. The van der Waals surface area contributed by atoms with Crippen LogP contribution < -0.4 is 4.90 Å². The molecule has 20 heavy (non-hydrogen) atoms. The van der Waals surface area contributed by atoms with Crippen molar-refractivity contribution in [3.8, 4) is 6.07 Å². The number of anilines is 1. The predicted molar refractivity (Wildman–Crippen MR) is 74.4 cm³/mol. The molecule has 1 aromatic rings. The Morgan fingerprint density at radius 2 is 2.10 bits per heavy atom. The molecule has 0 atom stereocenters. The molecule has 7 heteroatoms. The van der Waals surface area contributed by atoms with Crippen molar-refractivity contribution >= 4 is 17.3 Å². The number of nitriles is 1. The highest BCUT2D eigenvalue weighted by Gasteiger charge is 2.17. The molecule has 0 unspecified atom stereocenters. The van der Waals surface area contributed by atoms with E-state index in [1.54, 1.807) is 25.1 Å². The summed E-state index contributed by atoms with van der Waals surface area (Å²) in [6, 6.07) is 6.08. The summed E-state index contributed by atoms with van der Waals surface area (Å²) < 4.78 is 0. The smallest absolute Gasteiger partial charge is 0.287 e. The fraction of sp³-hybridized carbons (Fsp3) is 0.385. The van der Waals surface area contributed by atoms with Gasteiger partial charge in [-0.15, -0.1) is 0 Å². The Balaban J connectivity index is 3.09. The zero-order valence-electron chi connectivity index (χ0n) is 11.7. The Labute approximate surface area is 117 Å². The SMILES string of the molecule is CCN(CC(=O)N(C)C)c1ccc([N+](=O)[O-])c(C#N)c1. The number of nitrogens with zero attached hydrogens (tertiary/aromatic N) is 4. The molecule has 0 spiro atoms. The van der Waals surface area contributed by atoms with Gasteiger partial charge in [0.1, 0.15) is 11.6 Å². The molecule has 0 aliphatic rings. The molecule has 0 heterocycles. The van der Waals surface area contributed by atoms with Crippen LogP contribution in [0.25, 0.3) is 0 Å². The molecular weight excluding hydrogens is 260 g/mol. The minimum atomic E-state index is -0.594. The second kappa shape index (κ2) is 6.52. The van der Waals surface area contributed by atoms with Crippen LogP contribution in [0.1, 0.15) is 12.5 Å². The Bertz CT molecular complexity index is 563. The molecule has 0 saturated carbocycles. The van der Waals surface area contributed by atoms with Crippen LogP contribution in [0.3, 0.4) is 0 Å². The van der Waals surface area contributed by atoms with Crippen LogP contribution in [0.15, 0.2) is 18.2 Å². The zero-order chi connectivity index (χ0) is 15.3. The monoisotopic (exact) mass is 276 g/mol. The van der Waals surface area contributed by atoms with Crippen molar-refractivity contribution in [3.05, 3.63) is 33.9 Å². The summed E-state index contributed by atoms with van der Waals surface area (Å²) in [5.74, 6) is -0.0799. The minimum absolute atomic E-state index is 0.0109. The molecular formula is C13H16N4O3. The first-order valence-corrected chi connectivity index (χ1v) is 6.04. The largest absolute Gasteiger partial charge is 0.362 e. The number of amides is 1. The van der Waals surface area contributed by atoms with E-state index in [2.05, 4.69) is 0 Å². The molecule has 0 fully saturated rings. The quantitative estimate of drug-likeness (QED) is 0.598. The van der Waals surface area contributed by atoms with Gasteiger partial charge in [-0.2, -0.15) is 5.26 Å². The average Bonchev–Trinajstić information content (AvgIpc) is 2.43. The van der Waals surface area contributed by atoms with Crippen LogP contribution in [0.5, 0.6) is 0 Å². The first kappa shape index (κ1) is 15.4. The molecule has 0 aromatic heterocycles. The van der Waals surface area contributed by atoms with Gasteiger partial charge in [-0.25, -0.2) is 0 Å². The number of rotatable bonds is 5. The van der Waals surface area contributed by atoms with E-state index in [1.807, 2.05) is 13.0 Å². The third-order valence-electron chi connectivity index (χ3n) is 2.87. The summed E-state index contributed by atoms with van der Waals surface area (Å²) in [5.41, 5.74) is 0.374. The summed E-state index contributed by atoms with van der Waals surface area (Å²) in [6.07, 6.45) is 0. The molecule has 0 radical (unpaired) electrons. The van der Waals surface area contributed by atoms with Gasteiger partial charge in [0, 0.05) is 32.4 Å². The number of hydrogen-bond acceptors (Lipinski definition) is 5. The number of carbonyl (C=O) groups is 1. The standard InChI is InChI=1S/C13H16N4O3/c1-4-16(9-13(18)15(2)3)11-5-6-12(17(19)20)10(7-11)8-14/h5-7H,4,9H2,1-3H3. The Kier molecular flexibility index (Phi) is 5.03. The van der Waals surface area contributed by atoms with Crippen molar-refractivity contribution < 1.29 is 9.72 Å². The zero-order valence-corrected chi connectivity index (χ0v) is 11.7. The molecule has 0 aliphatic carbocycles. The lowest BCUT2D eigenvalue weighted by molar-refractivity contribution is -0.385. The van der Waals surface area contributed by atoms with Gasteiger partial charge in [0.25, 0.3) is 5.69 Å². The first-order chi connectivity index (χ1) is 9.40. The third-order valence-corrected chi connectivity index (χ3v) is 2.87. The van der Waals surface area contributed by atoms with Crippen molar-refractivity contribution in [1.29, 1.82) is 5.26 Å². The highest BCUT2D eigenvalue weighted by molar-refractivity contribution is 5.81. The third kappa shape index (κ3) is 3.45. The van der Waals surface area contributed by atoms with E-state index >= 15 is 0 Å². The van der Waals surface area contributed by atoms with E-state index < -0.39 is 4.92 Å². The lowest BCUT2D eigenvalue weighted by Gasteiger charge is -2.24. The molecule has 0 bridgehead atoms. The molecule has 0 saturated heterocycles. The molecule has 0 aliphatic heterocycles. The Morgan fingerprint density at radius 1 is 1.45 bits per heavy atom. The van der Waals surface area contributed by atoms with Crippen LogP contribution in [0.4, 0.5) is 11.4 Å². The topological polar surface area (TPSA) is 90.5 Å². The molecule has 7 nitrogen and oxygen atoms in total. The average molecular weight is 276 g/mol. The second-order valence-corrected chi connectivity index (χ2v) is 4.37. The van der Waals surface area contributed by atoms with Crippen molar-refractivity contribution in [3.63, 3.8) is 0 Å². The normalized spacial score (nSPS) is 9.70. The van der Waals surface area contributed by atoms with Crippen LogP contribution in [-0.4, -0.2) is 42.9 Å². The number of hydrogen-bond donors (Lipinski definition) is 0. The van der Waals surface area contributed by atoms with Gasteiger partial charge < -0.3 is 9.80 Å². The van der Waals surface area contributed by atoms with Gasteiger partial charge in [0.15, 0.2) is 0 Å². The number of nitro groups is 1. The summed E-state index contributed by atoms with van der Waals surface area (Å²) >= 11 is 0. The van der Waals surface area contributed by atoms with Crippen molar-refractivity contribution in [1.82, 2.24) is 4.90 Å². The van der Waals surface area contributed by atoms with Crippen LogP contribution in [-0.2, 0) is 4.79 Å². The van der Waals surface area contributed by atoms with Crippen LogP contribution >= 0.6 is 0 Å². The minimum Gasteiger partial charge on any atom is -0.362 e. The number of benzene rings is 1. The summed E-state index contributed by atoms with van der Waals surface area (Å²) in [5, 5.41) is 19.7. The van der Waals surface area contributed by atoms with Crippen molar-refractivity contribution in [2.24, 2.45) is 0 Å². The first-order valence-electron chi connectivity index (χ1n) is 6.04. The Hall–Kier alpha value is -2.62. The summed E-state index contributed by atoms with van der Waals surface area (Å²) in [7, 11) is 3.32. The maximum absolute atomic E-state index is 11.7. The fourth-order valence-corrected chi connectivity index (χ4v) is 1.66. The van der Waals surface area contributed by atoms with Gasteiger partial charge in [0.05, 0.1) is 11.5 Å². The number of nitro benzene ring substituents is 1. The highest BCUT2D eigenvalue weighted by Crippen LogP contribution is 2.24. The van der Waals surface area contributed by atoms with E-state index in [0.717, 1.165) is 0 Å². The van der Waals surface area contributed by atoms with Gasteiger partial charge in [-0.05, 0) is 19.1 Å². The maximum atomic E-state index is 11.7. The van der Waals surface area contributed by atoms with Gasteiger partial charge in [-0.3, -0.25) is 14.9 Å². The van der Waals surface area contributed by atoms with E-state index in [1.165, 1.54) is 17.0 Å². The van der Waals surface area contributed by atoms with Crippen molar-refractivity contribution in [2.75, 3.05) is 32.1 Å². The highest BCUT2D eigenvalue weighted by atomic mass is 16.6. The number of carbonyl (C=O) groups excluding carboxylic acids is 1. The predicted octanol–water partition coefficient (Wildman–Crippen LogP) is 1.38. The van der Waals surface area contributed by atoms with E-state index in [9.17, 15) is 14.9 Å². The van der Waals surface area contributed by atoms with Gasteiger partial charge in [-0.1, -0.05) is 0 Å². The number of likely N-dealkylation sites (N-methyl/N-ethyl adjacent to an activating group) is 2. The molecule has 1 rings (SSSR count). The Morgan fingerprint density at radius 3 is 2.55 bits per heavy atom. The van der Waals surface area contributed by atoms with Crippen LogP contribution in [0, 0.1) is 21.4 Å². The van der Waals surface area contributed by atoms with Gasteiger partial charge >= 0.3 is 0 Å². The van der Waals surface area contributed by atoms with E-state index in [0.29, 0.717) is 12.2 Å². The maximum Gasteiger partial charge on any atom is 0.287 e. The van der Waals surface area contributed by atoms with Crippen molar-refractivity contribution in [2.45, 2.75) is 6.92 Å². The van der Waals surface area contributed by atoms with Gasteiger partial charge in [0.2, 0.25) is 5.91 Å². The van der Waals surface area contributed by atoms with Crippen LogP contribution in [0.2, 0.25) is 0 Å². The summed E-state index contributed by atoms with van der Waals surface area (Å²) in [4.78, 5) is 25.1. The molecule has 0 N–H and O–H groups in total. The lowest BCUT2D eigenvalue weighted by Crippen LogP contribution is -2.36. The molecule has 106 valence electrons.